The number of amides is 6. The average Bonchev–Trinajstić information content (AvgIpc) is 3.30. The van der Waals surface area contributed by atoms with Crippen molar-refractivity contribution in [2.45, 2.75) is 55.5 Å². The van der Waals surface area contributed by atoms with Gasteiger partial charge in [-0.3, -0.25) is 28.8 Å². The Morgan fingerprint density at radius 2 is 1.18 bits per heavy atom. The number of aliphatic carboxylic acids is 3. The van der Waals surface area contributed by atoms with Crippen LogP contribution in [0.25, 0.3) is 0 Å². The lowest BCUT2D eigenvalue weighted by molar-refractivity contribution is -0.165. The van der Waals surface area contributed by atoms with Gasteiger partial charge in [0, 0.05) is 44.2 Å². The zero-order valence-electron chi connectivity index (χ0n) is 26.8. The Morgan fingerprint density at radius 3 is 1.55 bits per heavy atom. The number of hydrogen-bond acceptors (Lipinski definition) is 16. The molecule has 25 heteroatoms. The highest BCUT2D eigenvalue weighted by Gasteiger charge is 2.55. The van der Waals surface area contributed by atoms with E-state index in [2.05, 4.69) is 10.6 Å². The lowest BCUT2D eigenvalue weighted by atomic mass is 10.1. The molecule has 51 heavy (non-hydrogen) atoms. The first-order valence-corrected chi connectivity index (χ1v) is 16.4. The molecule has 0 aromatic carbocycles. The molecule has 284 valence electrons. The first-order chi connectivity index (χ1) is 23.6. The van der Waals surface area contributed by atoms with Gasteiger partial charge in [0.15, 0.2) is 0 Å². The number of hydrogen-bond donors (Lipinski definition) is 10. The molecule has 0 aromatic heterocycles. The number of imide groups is 2. The van der Waals surface area contributed by atoms with Crippen molar-refractivity contribution in [1.82, 2.24) is 20.4 Å². The highest BCUT2D eigenvalue weighted by Crippen LogP contribution is 2.42. The Bertz CT molecular complexity index is 1470. The Labute approximate surface area is 295 Å². The SMILES string of the molecule is CN(C(=O)O)C(=O)C(CSCC1(C(=O)O)OC(=O)C(O)=C1SCC(NC(=O)CCC(N)C(=O)O)C(=O)N(C)C(=O)O)NC(=O)CCC(N)C(=O)O. The second-order valence-corrected chi connectivity index (χ2v) is 12.7. The molecule has 5 unspecified atom stereocenters. The van der Waals surface area contributed by atoms with Crippen molar-refractivity contribution < 1.29 is 83.3 Å². The lowest BCUT2D eigenvalue weighted by Gasteiger charge is -2.28. The monoisotopic (exact) mass is 768 g/mol. The summed E-state index contributed by atoms with van der Waals surface area (Å²) >= 11 is 0.818. The smallest absolute Gasteiger partial charge is 0.413 e. The summed E-state index contributed by atoms with van der Waals surface area (Å²) in [6.07, 6.45) is -5.29. The van der Waals surface area contributed by atoms with Crippen LogP contribution in [-0.4, -0.2) is 161 Å². The maximum Gasteiger partial charge on any atom is 0.413 e. The van der Waals surface area contributed by atoms with Gasteiger partial charge in [0.05, 0.1) is 4.91 Å². The van der Waals surface area contributed by atoms with Crippen LogP contribution in [-0.2, 0) is 43.1 Å². The van der Waals surface area contributed by atoms with Crippen LogP contribution in [0.4, 0.5) is 9.59 Å². The van der Waals surface area contributed by atoms with E-state index in [0.29, 0.717) is 23.5 Å². The second-order valence-electron chi connectivity index (χ2n) is 10.6. The summed E-state index contributed by atoms with van der Waals surface area (Å²) in [6.45, 7) is 0. The molecule has 12 N–H and O–H groups in total. The van der Waals surface area contributed by atoms with E-state index in [1.165, 1.54) is 0 Å². The number of aliphatic hydroxyl groups is 1. The van der Waals surface area contributed by atoms with Crippen molar-refractivity contribution in [3.05, 3.63) is 10.7 Å². The van der Waals surface area contributed by atoms with Gasteiger partial charge < -0.3 is 57.5 Å². The molecule has 6 amide bonds. The van der Waals surface area contributed by atoms with Crippen LogP contribution in [0.5, 0.6) is 0 Å². The summed E-state index contributed by atoms with van der Waals surface area (Å²) in [5, 5.41) is 61.3. The maximum atomic E-state index is 12.9. The second kappa shape index (κ2) is 19.3. The number of esters is 1. The van der Waals surface area contributed by atoms with E-state index in [9.17, 15) is 68.4 Å². The Kier molecular flexibility index (Phi) is 16.6. The summed E-state index contributed by atoms with van der Waals surface area (Å²) in [6, 6.07) is -6.33. The molecule has 0 aliphatic carbocycles. The topological polar surface area (TPSA) is 384 Å². The Hall–Kier alpha value is -5.14. The number of carboxylic acid groups (broad SMARTS) is 5. The highest BCUT2D eigenvalue weighted by atomic mass is 32.2. The number of nitrogens with two attached hydrogens (primary N) is 2. The molecule has 1 rings (SSSR count). The minimum Gasteiger partial charge on any atom is -0.501 e. The van der Waals surface area contributed by atoms with Crippen molar-refractivity contribution >= 4 is 83.2 Å². The predicted octanol–water partition coefficient (Wildman–Crippen LogP) is -2.77. The van der Waals surface area contributed by atoms with Crippen molar-refractivity contribution in [2.75, 3.05) is 31.4 Å². The van der Waals surface area contributed by atoms with Gasteiger partial charge in [0.2, 0.25) is 17.6 Å². The molecule has 0 radical (unpaired) electrons. The normalized spacial score (nSPS) is 17.6. The zero-order valence-corrected chi connectivity index (χ0v) is 28.4. The summed E-state index contributed by atoms with van der Waals surface area (Å²) in [5.41, 5.74) is 8.00. The number of carbonyl (C=O) groups excluding carboxylic acids is 5. The summed E-state index contributed by atoms with van der Waals surface area (Å²) in [7, 11) is 1.67. The van der Waals surface area contributed by atoms with Gasteiger partial charge in [-0.25, -0.2) is 29.0 Å². The molecule has 0 bridgehead atoms. The largest absolute Gasteiger partial charge is 0.501 e. The van der Waals surface area contributed by atoms with E-state index >= 15 is 0 Å². The number of thioether (sulfide) groups is 2. The Balaban J connectivity index is 3.30. The summed E-state index contributed by atoms with van der Waals surface area (Å²) in [4.78, 5) is 120. The molecular formula is C26H36N6O17S2. The van der Waals surface area contributed by atoms with Crippen LogP contribution < -0.4 is 22.1 Å². The van der Waals surface area contributed by atoms with Crippen molar-refractivity contribution in [2.24, 2.45) is 11.5 Å². The fourth-order valence-electron chi connectivity index (χ4n) is 3.87. The third-order valence-corrected chi connectivity index (χ3v) is 9.36. The van der Waals surface area contributed by atoms with Gasteiger partial charge in [0.25, 0.3) is 17.4 Å². The molecular weight excluding hydrogens is 732 g/mol. The van der Waals surface area contributed by atoms with Gasteiger partial charge in [-0.1, -0.05) is 0 Å². The van der Waals surface area contributed by atoms with Gasteiger partial charge >= 0.3 is 36.1 Å². The van der Waals surface area contributed by atoms with Crippen molar-refractivity contribution in [3.8, 4) is 0 Å². The molecule has 1 heterocycles. The van der Waals surface area contributed by atoms with Gasteiger partial charge in [-0.05, 0) is 12.8 Å². The molecule has 0 saturated heterocycles. The summed E-state index contributed by atoms with van der Waals surface area (Å²) < 4.78 is 4.98. The van der Waals surface area contributed by atoms with E-state index in [4.69, 9.17) is 26.4 Å². The number of likely N-dealkylation sites (N-methyl/N-ethyl adjacent to an activating group) is 2. The minimum atomic E-state index is -2.73. The van der Waals surface area contributed by atoms with Crippen molar-refractivity contribution in [1.29, 1.82) is 0 Å². The molecule has 1 aliphatic rings. The van der Waals surface area contributed by atoms with Crippen LogP contribution in [0, 0.1) is 0 Å². The quantitative estimate of drug-likeness (QED) is 0.0560. The summed E-state index contributed by atoms with van der Waals surface area (Å²) in [5.74, 6) is -14.0. The molecule has 23 nitrogen and oxygen atoms in total. The van der Waals surface area contributed by atoms with Crippen LogP contribution in [0.3, 0.4) is 0 Å². The van der Waals surface area contributed by atoms with Gasteiger partial charge in [0.1, 0.15) is 24.2 Å². The first kappa shape index (κ1) is 43.9. The van der Waals surface area contributed by atoms with Gasteiger partial charge in [-0.2, -0.15) is 11.8 Å². The van der Waals surface area contributed by atoms with Crippen LogP contribution >= 0.6 is 23.5 Å². The van der Waals surface area contributed by atoms with E-state index < -0.39 is 130 Å². The molecule has 5 atom stereocenters. The van der Waals surface area contributed by atoms with E-state index in [0.717, 1.165) is 14.1 Å². The fraction of sp³-hybridized carbons (Fsp3) is 0.538. The number of rotatable bonds is 20. The highest BCUT2D eigenvalue weighted by molar-refractivity contribution is 8.03. The number of nitrogens with one attached hydrogen (secondary N) is 2. The number of ether oxygens (including phenoxy) is 1. The standard InChI is InChI=1S/C26H36N6O17S2/c1-31(24(45)46)18(36)12(29-14(33)5-3-10(27)20(38)39)7-50-9-26(23(43)44)17(16(35)22(42)49-26)51-8-13(19(37)32(2)25(47)48)30-15(34)6-4-11(28)21(40)41/h10-13,35H,3-9,27-28H2,1-2H3,(H,29,33)(H,30,34)(H,38,39)(H,40,41)(H,43,44)(H,45,46)(H,47,48). The number of carboxylic acids is 3. The van der Waals surface area contributed by atoms with E-state index in [1.807, 2.05) is 0 Å². The predicted molar refractivity (Wildman–Crippen MR) is 171 cm³/mol. The molecule has 0 saturated carbocycles. The van der Waals surface area contributed by atoms with Crippen molar-refractivity contribution in [3.63, 3.8) is 0 Å². The molecule has 0 aromatic rings. The van der Waals surface area contributed by atoms with Crippen LogP contribution in [0.1, 0.15) is 25.7 Å². The molecule has 1 aliphatic heterocycles. The lowest BCUT2D eigenvalue weighted by Crippen LogP contribution is -2.51. The zero-order chi connectivity index (χ0) is 39.4. The van der Waals surface area contributed by atoms with Crippen LogP contribution in [0.2, 0.25) is 0 Å². The fourth-order valence-corrected chi connectivity index (χ4v) is 6.36. The first-order valence-electron chi connectivity index (χ1n) is 14.2. The average molecular weight is 769 g/mol. The Morgan fingerprint density at radius 1 is 0.765 bits per heavy atom. The number of aliphatic hydroxyl groups excluding tert-OH is 1. The number of cyclic esters (lactones) is 1. The molecule has 0 spiro atoms. The number of nitrogens with zero attached hydrogens (tertiary/aromatic N) is 2. The van der Waals surface area contributed by atoms with Gasteiger partial charge in [-0.15, -0.1) is 11.8 Å². The van der Waals surface area contributed by atoms with E-state index in [-0.39, 0.29) is 22.6 Å². The van der Waals surface area contributed by atoms with E-state index in [1.54, 1.807) is 0 Å². The number of carbonyl (C=O) groups is 10. The maximum absolute atomic E-state index is 12.9. The molecule has 0 fully saturated rings. The minimum absolute atomic E-state index is 0.175. The third kappa shape index (κ3) is 12.3. The third-order valence-electron chi connectivity index (χ3n) is 6.87. The van der Waals surface area contributed by atoms with Crippen LogP contribution in [0.15, 0.2) is 10.7 Å².